The first-order valence-electron chi connectivity index (χ1n) is 16.4. The Morgan fingerprint density at radius 2 is 1.85 bits per heavy atom. The average molecular weight is 638 g/mol. The fourth-order valence-electron chi connectivity index (χ4n) is 6.50. The van der Waals surface area contributed by atoms with Gasteiger partial charge in [-0.15, -0.1) is 0 Å². The number of aromatic nitrogens is 4. The van der Waals surface area contributed by atoms with Gasteiger partial charge in [-0.2, -0.15) is 0 Å². The lowest BCUT2D eigenvalue weighted by Crippen LogP contribution is -2.35. The topological polar surface area (TPSA) is 116 Å². The van der Waals surface area contributed by atoms with Gasteiger partial charge in [0.1, 0.15) is 18.2 Å². The molecule has 3 fully saturated rings. The van der Waals surface area contributed by atoms with Crippen molar-refractivity contribution in [2.45, 2.75) is 69.7 Å². The first kappa shape index (κ1) is 29.8. The molecule has 47 heavy (non-hydrogen) atoms. The molecule has 11 heteroatoms. The highest BCUT2D eigenvalue weighted by Gasteiger charge is 2.29. The van der Waals surface area contributed by atoms with Crippen LogP contribution in [0.1, 0.15) is 77.3 Å². The fourth-order valence-corrected chi connectivity index (χ4v) is 6.50. The van der Waals surface area contributed by atoms with E-state index in [-0.39, 0.29) is 30.0 Å². The van der Waals surface area contributed by atoms with Gasteiger partial charge in [-0.1, -0.05) is 18.2 Å². The number of imidazole rings is 1. The Kier molecular flexibility index (Phi) is 7.94. The van der Waals surface area contributed by atoms with Crippen molar-refractivity contribution in [3.8, 4) is 17.2 Å². The predicted octanol–water partition coefficient (Wildman–Crippen LogP) is 6.55. The molecule has 1 N–H and O–H groups in total. The molecule has 0 unspecified atom stereocenters. The number of hydrogen-bond acceptors (Lipinski definition) is 8. The Bertz CT molecular complexity index is 1920. The van der Waals surface area contributed by atoms with E-state index >= 15 is 0 Å². The number of oxazole rings is 1. The lowest BCUT2D eigenvalue weighted by atomic mass is 9.93. The predicted molar refractivity (Wildman–Crippen MR) is 171 cm³/mol. The average Bonchev–Trinajstić information content (AvgIpc) is 3.69. The molecule has 2 aromatic carbocycles. The van der Waals surface area contributed by atoms with E-state index in [4.69, 9.17) is 23.9 Å². The molecule has 3 aromatic heterocycles. The minimum atomic E-state index is -0.946. The highest BCUT2D eigenvalue weighted by atomic mass is 19.1. The molecule has 0 bridgehead atoms. The van der Waals surface area contributed by atoms with E-state index in [2.05, 4.69) is 14.5 Å². The smallest absolute Gasteiger partial charge is 0.335 e. The van der Waals surface area contributed by atoms with E-state index in [1.807, 2.05) is 24.3 Å². The van der Waals surface area contributed by atoms with Crippen LogP contribution in [0.2, 0.25) is 0 Å². The van der Waals surface area contributed by atoms with Crippen LogP contribution in [0.15, 0.2) is 65.2 Å². The third-order valence-corrected chi connectivity index (χ3v) is 9.53. The van der Waals surface area contributed by atoms with Crippen LogP contribution in [0.3, 0.4) is 0 Å². The molecule has 5 heterocycles. The Balaban J connectivity index is 0.892. The van der Waals surface area contributed by atoms with E-state index in [1.165, 1.54) is 6.07 Å². The van der Waals surface area contributed by atoms with Crippen molar-refractivity contribution >= 4 is 17.0 Å². The van der Waals surface area contributed by atoms with Gasteiger partial charge >= 0.3 is 5.97 Å². The Morgan fingerprint density at radius 3 is 2.60 bits per heavy atom. The summed E-state index contributed by atoms with van der Waals surface area (Å²) < 4.78 is 34.6. The number of benzene rings is 2. The zero-order valence-corrected chi connectivity index (χ0v) is 26.0. The van der Waals surface area contributed by atoms with Crippen molar-refractivity contribution in [1.82, 2.24) is 24.4 Å². The summed E-state index contributed by atoms with van der Waals surface area (Å²) >= 11 is 0. The van der Waals surface area contributed by atoms with Crippen molar-refractivity contribution in [3.05, 3.63) is 95.1 Å². The molecule has 1 aliphatic carbocycles. The van der Waals surface area contributed by atoms with Crippen LogP contribution in [0.25, 0.3) is 22.4 Å². The lowest BCUT2D eigenvalue weighted by Gasteiger charge is -2.32. The van der Waals surface area contributed by atoms with Crippen molar-refractivity contribution < 1.29 is 28.2 Å². The molecule has 0 amide bonds. The van der Waals surface area contributed by atoms with E-state index < -0.39 is 5.97 Å². The van der Waals surface area contributed by atoms with Gasteiger partial charge < -0.3 is 23.6 Å². The third-order valence-electron chi connectivity index (χ3n) is 9.53. The minimum absolute atomic E-state index is 0.0750. The third kappa shape index (κ3) is 6.37. The van der Waals surface area contributed by atoms with Crippen LogP contribution in [0.4, 0.5) is 4.39 Å². The summed E-state index contributed by atoms with van der Waals surface area (Å²) in [7, 11) is 0. The SMILES string of the molecule is O=C(O)c1ccc2nc(CN3CCC(c4cccc(OCc5ccc(-c6cnc(C7CC7)o6)cc5F)n4)CC3)n(C[C@@H]3CCO3)c2c1. The molecule has 5 aromatic rings. The normalized spacial score (nSPS) is 18.8. The van der Waals surface area contributed by atoms with Crippen LogP contribution in [0.5, 0.6) is 5.88 Å². The fraction of sp³-hybridized carbons (Fsp3) is 0.389. The number of piperidine rings is 1. The Hall–Kier alpha value is -4.61. The number of carboxylic acids is 1. The van der Waals surface area contributed by atoms with Crippen LogP contribution < -0.4 is 4.74 Å². The minimum Gasteiger partial charge on any atom is -0.478 e. The summed E-state index contributed by atoms with van der Waals surface area (Å²) in [6, 6.07) is 15.9. The summed E-state index contributed by atoms with van der Waals surface area (Å²) in [4.78, 5) is 28.1. The van der Waals surface area contributed by atoms with E-state index in [0.29, 0.717) is 41.8 Å². The highest BCUT2D eigenvalue weighted by Crippen LogP contribution is 2.40. The molecule has 242 valence electrons. The maximum Gasteiger partial charge on any atom is 0.335 e. The summed E-state index contributed by atoms with van der Waals surface area (Å²) in [6.45, 7) is 3.94. The zero-order valence-electron chi connectivity index (χ0n) is 26.0. The standard InChI is InChI=1S/C36H36FN5O5/c37-28-16-24(32-18-38-35(47-32)23-4-5-23)6-7-26(28)21-46-34-3-1-2-29(40-34)22-10-13-41(14-11-22)20-33-39-30-9-8-25(36(43)44)17-31(30)42(33)19-27-12-15-45-27/h1-3,6-9,16-18,22-23,27H,4-5,10-15,19-21H2,(H,43,44)/t27-/m0/s1. The number of ether oxygens (including phenoxy) is 2. The van der Waals surface area contributed by atoms with E-state index in [9.17, 15) is 14.3 Å². The summed E-state index contributed by atoms with van der Waals surface area (Å²) in [5, 5.41) is 9.54. The number of carboxylic acid groups (broad SMARTS) is 1. The van der Waals surface area contributed by atoms with Crippen LogP contribution in [-0.2, 0) is 24.4 Å². The maximum absolute atomic E-state index is 15.0. The molecule has 8 rings (SSSR count). The van der Waals surface area contributed by atoms with E-state index in [0.717, 1.165) is 80.2 Å². The molecule has 2 saturated heterocycles. The molecule has 1 atom stereocenters. The van der Waals surface area contributed by atoms with Gasteiger partial charge in [0.2, 0.25) is 5.88 Å². The molecule has 1 saturated carbocycles. The summed E-state index contributed by atoms with van der Waals surface area (Å²) in [5.74, 6) is 2.10. The van der Waals surface area contributed by atoms with Gasteiger partial charge in [0.25, 0.3) is 0 Å². The number of rotatable bonds is 11. The largest absolute Gasteiger partial charge is 0.478 e. The monoisotopic (exact) mass is 637 g/mol. The van der Waals surface area contributed by atoms with Crippen LogP contribution in [0, 0.1) is 5.82 Å². The van der Waals surface area contributed by atoms with Crippen molar-refractivity contribution in [3.63, 3.8) is 0 Å². The van der Waals surface area contributed by atoms with Gasteiger partial charge in [-0.05, 0) is 75.5 Å². The number of fused-ring (bicyclic) bond motifs is 1. The highest BCUT2D eigenvalue weighted by molar-refractivity contribution is 5.92. The zero-order chi connectivity index (χ0) is 31.9. The van der Waals surface area contributed by atoms with Crippen LogP contribution >= 0.6 is 0 Å². The summed E-state index contributed by atoms with van der Waals surface area (Å²) in [5.41, 5.74) is 3.98. The summed E-state index contributed by atoms with van der Waals surface area (Å²) in [6.07, 6.45) is 6.85. The lowest BCUT2D eigenvalue weighted by molar-refractivity contribution is -0.0592. The number of nitrogens with zero attached hydrogens (tertiary/aromatic N) is 5. The van der Waals surface area contributed by atoms with E-state index in [1.54, 1.807) is 30.5 Å². The molecule has 10 nitrogen and oxygen atoms in total. The molecule has 3 aliphatic rings. The second kappa shape index (κ2) is 12.5. The molecule has 0 spiro atoms. The quantitative estimate of drug-likeness (QED) is 0.172. The molecular formula is C36H36FN5O5. The number of likely N-dealkylation sites (tertiary alicyclic amines) is 1. The molecule has 0 radical (unpaired) electrons. The number of pyridine rings is 1. The van der Waals surface area contributed by atoms with Gasteiger partial charge in [0.15, 0.2) is 11.7 Å². The van der Waals surface area contributed by atoms with Crippen molar-refractivity contribution in [2.75, 3.05) is 19.7 Å². The molecule has 2 aliphatic heterocycles. The van der Waals surface area contributed by atoms with Crippen LogP contribution in [-0.4, -0.2) is 61.3 Å². The van der Waals surface area contributed by atoms with Gasteiger partial charge in [-0.3, -0.25) is 4.90 Å². The van der Waals surface area contributed by atoms with Crippen molar-refractivity contribution in [2.24, 2.45) is 0 Å². The van der Waals surface area contributed by atoms with Crippen molar-refractivity contribution in [1.29, 1.82) is 0 Å². The van der Waals surface area contributed by atoms with Gasteiger partial charge in [0.05, 0.1) is 42.0 Å². The number of halogens is 1. The number of carbonyl (C=O) groups is 1. The second-order valence-corrected chi connectivity index (χ2v) is 12.8. The number of hydrogen-bond donors (Lipinski definition) is 1. The Labute approximate surface area is 271 Å². The van der Waals surface area contributed by atoms with Gasteiger partial charge in [-0.25, -0.2) is 24.1 Å². The maximum atomic E-state index is 15.0. The molecular weight excluding hydrogens is 601 g/mol. The van der Waals surface area contributed by atoms with Gasteiger partial charge in [0, 0.05) is 41.3 Å². The second-order valence-electron chi connectivity index (χ2n) is 12.8. The Morgan fingerprint density at radius 1 is 1.00 bits per heavy atom. The first-order chi connectivity index (χ1) is 23.0. The number of aromatic carboxylic acids is 1. The first-order valence-corrected chi connectivity index (χ1v) is 16.4.